The van der Waals surface area contributed by atoms with E-state index in [0.717, 1.165) is 60.8 Å². The van der Waals surface area contributed by atoms with E-state index in [-0.39, 0.29) is 17.7 Å². The van der Waals surface area contributed by atoms with E-state index in [2.05, 4.69) is 15.7 Å². The summed E-state index contributed by atoms with van der Waals surface area (Å²) in [5, 5.41) is 46.0. The zero-order valence-corrected chi connectivity index (χ0v) is 34.1. The van der Waals surface area contributed by atoms with Crippen molar-refractivity contribution >= 4 is 73.5 Å². The number of nitriles is 1. The van der Waals surface area contributed by atoms with Crippen LogP contribution >= 0.6 is 23.2 Å². The number of benzene rings is 4. The highest BCUT2D eigenvalue weighted by atomic mass is 35.5. The molecule has 14 nitrogen and oxygen atoms in total. The van der Waals surface area contributed by atoms with Crippen molar-refractivity contribution in [1.29, 1.82) is 5.26 Å². The minimum atomic E-state index is -3.37. The van der Waals surface area contributed by atoms with Crippen LogP contribution in [0, 0.1) is 11.3 Å². The second kappa shape index (κ2) is 20.0. The van der Waals surface area contributed by atoms with Gasteiger partial charge in [-0.15, -0.1) is 0 Å². The van der Waals surface area contributed by atoms with Gasteiger partial charge in [0.25, 0.3) is 5.91 Å². The molecule has 1 atom stereocenters. The summed E-state index contributed by atoms with van der Waals surface area (Å²) in [6.07, 6.45) is 1.52. The molecule has 308 valence electrons. The van der Waals surface area contributed by atoms with Crippen LogP contribution in [0.4, 0.5) is 5.69 Å². The number of carbonyl (C=O) groups is 4. The van der Waals surface area contributed by atoms with Gasteiger partial charge in [-0.25, -0.2) is 13.2 Å². The number of nitrogens with one attached hydrogen (secondary N) is 1. The number of para-hydroxylation sites is 1. The summed E-state index contributed by atoms with van der Waals surface area (Å²) in [6.45, 7) is 3.06. The highest BCUT2D eigenvalue weighted by molar-refractivity contribution is 7.92. The molecule has 4 aromatic rings. The Balaban J connectivity index is 0.000000492. The molecule has 17 heteroatoms. The van der Waals surface area contributed by atoms with Crippen molar-refractivity contribution in [3.63, 3.8) is 0 Å². The third kappa shape index (κ3) is 12.6. The van der Waals surface area contributed by atoms with Crippen molar-refractivity contribution in [2.75, 3.05) is 44.2 Å². The molecule has 0 saturated carbocycles. The lowest BCUT2D eigenvalue weighted by molar-refractivity contribution is -0.170. The van der Waals surface area contributed by atoms with Gasteiger partial charge in [-0.2, -0.15) is 5.26 Å². The number of aliphatic carboxylic acids is 3. The third-order valence-corrected chi connectivity index (χ3v) is 11.2. The first-order valence-corrected chi connectivity index (χ1v) is 20.8. The van der Waals surface area contributed by atoms with Crippen molar-refractivity contribution < 1.29 is 48.0 Å². The van der Waals surface area contributed by atoms with Crippen LogP contribution in [-0.2, 0) is 24.4 Å². The van der Waals surface area contributed by atoms with Gasteiger partial charge in [0.1, 0.15) is 0 Å². The average molecular weight is 856 g/mol. The Labute approximate surface area is 346 Å². The minimum Gasteiger partial charge on any atom is -0.481 e. The van der Waals surface area contributed by atoms with Gasteiger partial charge in [0.15, 0.2) is 5.60 Å². The van der Waals surface area contributed by atoms with Gasteiger partial charge < -0.3 is 30.2 Å². The van der Waals surface area contributed by atoms with Crippen molar-refractivity contribution in [3.8, 4) is 6.07 Å². The summed E-state index contributed by atoms with van der Waals surface area (Å²) in [6, 6.07) is 26.6. The summed E-state index contributed by atoms with van der Waals surface area (Å²) < 4.78 is 26.5. The molecular formula is C41H44Cl2N4O10S. The maximum Gasteiger partial charge on any atom is 0.336 e. The van der Waals surface area contributed by atoms with E-state index in [1.807, 2.05) is 60.7 Å². The SMILES string of the molecule is CN(C[C@@H](CCN1CCC(c2ccccc2NS(C)(=O)=O)CC1)c1ccc(Cl)c(Cl)c1)C(=O)c1cc(C#N)cc2ccccc12.O=C(O)CC(O)(CC(=O)O)C(=O)O. The van der Waals surface area contributed by atoms with Crippen LogP contribution in [0.15, 0.2) is 78.9 Å². The average Bonchev–Trinajstić information content (AvgIpc) is 3.16. The number of halogens is 2. The lowest BCUT2D eigenvalue weighted by Gasteiger charge is -2.34. The Morgan fingerprint density at radius 2 is 1.55 bits per heavy atom. The fourth-order valence-electron chi connectivity index (χ4n) is 6.97. The molecule has 0 unspecified atom stereocenters. The second-order valence-corrected chi connectivity index (χ2v) is 16.8. The number of likely N-dealkylation sites (N-methyl/N-ethyl adjacent to an activating group) is 1. The number of nitrogens with zero attached hydrogens (tertiary/aromatic N) is 3. The number of anilines is 1. The number of carbonyl (C=O) groups excluding carboxylic acids is 1. The van der Waals surface area contributed by atoms with Crippen LogP contribution in [0.3, 0.4) is 0 Å². The zero-order valence-electron chi connectivity index (χ0n) is 31.8. The summed E-state index contributed by atoms with van der Waals surface area (Å²) in [4.78, 5) is 48.5. The highest BCUT2D eigenvalue weighted by Crippen LogP contribution is 2.35. The van der Waals surface area contributed by atoms with Gasteiger partial charge in [-0.3, -0.25) is 19.1 Å². The first-order valence-electron chi connectivity index (χ1n) is 18.1. The van der Waals surface area contributed by atoms with E-state index in [1.165, 1.54) is 6.26 Å². The molecule has 4 aromatic carbocycles. The summed E-state index contributed by atoms with van der Waals surface area (Å²) in [5.74, 6) is -4.90. The van der Waals surface area contributed by atoms with Crippen molar-refractivity contribution in [2.45, 2.75) is 49.5 Å². The number of piperidine rings is 1. The molecule has 5 rings (SSSR count). The number of aliphatic hydroxyl groups is 1. The van der Waals surface area contributed by atoms with E-state index < -0.39 is 46.4 Å². The summed E-state index contributed by atoms with van der Waals surface area (Å²) in [7, 11) is -1.57. The molecule has 1 heterocycles. The maximum atomic E-state index is 13.8. The number of amides is 1. The standard InChI is InChI=1S/C35H36Cl2N4O3S.C6H8O7/c1-40(35(42)31-20-24(22-38)19-27-7-3-4-8-29(27)31)23-28(26-11-12-32(36)33(37)21-26)15-18-41-16-13-25(14-17-41)30-9-5-6-10-34(30)39-45(2,43)44;7-3(8)1-6(13,5(11)12)2-4(9)10/h3-12,19-21,25,28,39H,13-18,23H2,1-2H3;13H,1-2H2,(H,7,8)(H,9,10)(H,11,12)/t28-;/m1./s1. The van der Waals surface area contributed by atoms with Gasteiger partial charge in [0.2, 0.25) is 10.0 Å². The Kier molecular flexibility index (Phi) is 15.6. The lowest BCUT2D eigenvalue weighted by atomic mass is 9.88. The Bertz CT molecular complexity index is 2290. The predicted octanol–water partition coefficient (Wildman–Crippen LogP) is 6.27. The molecule has 0 bridgehead atoms. The Morgan fingerprint density at radius 1 is 0.931 bits per heavy atom. The fourth-order valence-corrected chi connectivity index (χ4v) is 7.86. The molecule has 1 saturated heterocycles. The maximum absolute atomic E-state index is 13.8. The first kappa shape index (κ1) is 45.5. The summed E-state index contributed by atoms with van der Waals surface area (Å²) >= 11 is 12.7. The number of sulfonamides is 1. The molecule has 1 fully saturated rings. The van der Waals surface area contributed by atoms with Gasteiger partial charge in [-0.1, -0.05) is 71.7 Å². The molecule has 58 heavy (non-hydrogen) atoms. The number of likely N-dealkylation sites (tertiary alicyclic amines) is 1. The third-order valence-electron chi connectivity index (χ3n) is 9.84. The molecule has 1 aliphatic heterocycles. The molecule has 5 N–H and O–H groups in total. The fraction of sp³-hybridized carbons (Fsp3) is 0.341. The monoisotopic (exact) mass is 854 g/mol. The molecule has 1 amide bonds. The highest BCUT2D eigenvalue weighted by Gasteiger charge is 2.40. The van der Waals surface area contributed by atoms with E-state index in [0.29, 0.717) is 33.4 Å². The number of carboxylic acid groups (broad SMARTS) is 3. The lowest BCUT2D eigenvalue weighted by Crippen LogP contribution is -2.42. The summed E-state index contributed by atoms with van der Waals surface area (Å²) in [5.41, 5.74) is 0.911. The number of hydrogen-bond donors (Lipinski definition) is 5. The number of carboxylic acids is 3. The van der Waals surface area contributed by atoms with Crippen molar-refractivity contribution in [2.24, 2.45) is 0 Å². The molecule has 0 spiro atoms. The topological polar surface area (TPSA) is 226 Å². The number of hydrogen-bond acceptors (Lipinski definition) is 9. The van der Waals surface area contributed by atoms with Gasteiger partial charge >= 0.3 is 17.9 Å². The van der Waals surface area contributed by atoms with Crippen LogP contribution in [-0.4, -0.2) is 108 Å². The first-order chi connectivity index (χ1) is 27.3. The zero-order chi connectivity index (χ0) is 42.8. The Hall–Kier alpha value is -5.24. The second-order valence-electron chi connectivity index (χ2n) is 14.3. The van der Waals surface area contributed by atoms with E-state index in [1.54, 1.807) is 30.1 Å². The number of rotatable bonds is 15. The van der Waals surface area contributed by atoms with E-state index in [4.69, 9.17) is 43.6 Å². The molecule has 0 radical (unpaired) electrons. The van der Waals surface area contributed by atoms with Gasteiger partial charge in [0.05, 0.1) is 46.5 Å². The van der Waals surface area contributed by atoms with Crippen LogP contribution in [0.5, 0.6) is 0 Å². The van der Waals surface area contributed by atoms with Gasteiger partial charge in [-0.05, 0) is 97.0 Å². The quantitative estimate of drug-likeness (QED) is 0.0893. The molecule has 0 aliphatic carbocycles. The van der Waals surface area contributed by atoms with Crippen LogP contribution in [0.2, 0.25) is 10.0 Å². The van der Waals surface area contributed by atoms with Gasteiger partial charge in [0, 0.05) is 25.1 Å². The molecule has 0 aromatic heterocycles. The van der Waals surface area contributed by atoms with Crippen molar-refractivity contribution in [1.82, 2.24) is 9.80 Å². The Morgan fingerprint density at radius 3 is 2.14 bits per heavy atom. The van der Waals surface area contributed by atoms with Crippen LogP contribution < -0.4 is 4.72 Å². The normalized spacial score (nSPS) is 14.1. The van der Waals surface area contributed by atoms with Crippen LogP contribution in [0.1, 0.15) is 71.0 Å². The molecular weight excluding hydrogens is 811 g/mol. The largest absolute Gasteiger partial charge is 0.481 e. The van der Waals surface area contributed by atoms with E-state index >= 15 is 0 Å². The van der Waals surface area contributed by atoms with Crippen LogP contribution in [0.25, 0.3) is 10.8 Å². The smallest absolute Gasteiger partial charge is 0.336 e. The van der Waals surface area contributed by atoms with Crippen molar-refractivity contribution in [3.05, 3.63) is 111 Å². The van der Waals surface area contributed by atoms with E-state index in [9.17, 15) is 32.9 Å². The molecule has 1 aliphatic rings. The number of fused-ring (bicyclic) bond motifs is 1. The minimum absolute atomic E-state index is 0.00320. The predicted molar refractivity (Wildman–Crippen MR) is 220 cm³/mol.